The summed E-state index contributed by atoms with van der Waals surface area (Å²) < 4.78 is 27.1. The summed E-state index contributed by atoms with van der Waals surface area (Å²) in [4.78, 5) is 12.5. The van der Waals surface area contributed by atoms with E-state index in [4.69, 9.17) is 23.7 Å². The number of carbonyl (C=O) groups is 1. The van der Waals surface area contributed by atoms with Crippen LogP contribution in [0.1, 0.15) is 35.3 Å². The van der Waals surface area contributed by atoms with Gasteiger partial charge in [0.1, 0.15) is 6.61 Å². The van der Waals surface area contributed by atoms with Gasteiger partial charge in [-0.1, -0.05) is 0 Å². The summed E-state index contributed by atoms with van der Waals surface area (Å²) in [6.07, 6.45) is 0. The fourth-order valence-electron chi connectivity index (χ4n) is 2.58. The quantitative estimate of drug-likeness (QED) is 0.614. The summed E-state index contributed by atoms with van der Waals surface area (Å²) in [7, 11) is 3.15. The number of rotatable bonds is 9. The van der Waals surface area contributed by atoms with Crippen molar-refractivity contribution in [2.75, 3.05) is 27.4 Å². The van der Waals surface area contributed by atoms with Crippen LogP contribution >= 0.6 is 0 Å². The van der Waals surface area contributed by atoms with Crippen molar-refractivity contribution >= 4 is 5.97 Å². The molecule has 0 saturated carbocycles. The molecule has 0 aromatic heterocycles. The van der Waals surface area contributed by atoms with Gasteiger partial charge in [0.25, 0.3) is 0 Å². The van der Waals surface area contributed by atoms with E-state index in [1.54, 1.807) is 32.4 Å². The zero-order valence-electron chi connectivity index (χ0n) is 16.5. The standard InChI is InChI=1S/C21H26O6/c1-6-25-17-9-8-15(11-20(17)26-7-2)21(22)27-13-16-12-19(24-5)18(23-4)10-14(16)3/h8-12H,6-7,13H2,1-5H3. The number of ether oxygens (including phenoxy) is 5. The van der Waals surface area contributed by atoms with E-state index in [1.165, 1.54) is 0 Å². The molecule has 6 nitrogen and oxygen atoms in total. The predicted molar refractivity (Wildman–Crippen MR) is 102 cm³/mol. The van der Waals surface area contributed by atoms with Crippen molar-refractivity contribution in [3.05, 3.63) is 47.0 Å². The maximum atomic E-state index is 12.5. The second kappa shape index (κ2) is 9.71. The van der Waals surface area contributed by atoms with Crippen LogP contribution in [0.5, 0.6) is 23.0 Å². The van der Waals surface area contributed by atoms with Gasteiger partial charge in [0, 0.05) is 0 Å². The predicted octanol–water partition coefficient (Wildman–Crippen LogP) is 4.17. The van der Waals surface area contributed by atoms with E-state index in [0.29, 0.717) is 41.8 Å². The van der Waals surface area contributed by atoms with Crippen molar-refractivity contribution in [1.29, 1.82) is 0 Å². The Labute approximate surface area is 160 Å². The van der Waals surface area contributed by atoms with E-state index in [2.05, 4.69) is 0 Å². The molecule has 0 amide bonds. The third-order valence-electron chi connectivity index (χ3n) is 3.98. The first-order valence-electron chi connectivity index (χ1n) is 8.82. The normalized spacial score (nSPS) is 10.3. The molecule has 0 atom stereocenters. The maximum Gasteiger partial charge on any atom is 0.338 e. The largest absolute Gasteiger partial charge is 0.493 e. The molecule has 0 unspecified atom stereocenters. The fourth-order valence-corrected chi connectivity index (χ4v) is 2.58. The Kier molecular flexibility index (Phi) is 7.34. The second-order valence-electron chi connectivity index (χ2n) is 5.74. The van der Waals surface area contributed by atoms with Gasteiger partial charge in [-0.3, -0.25) is 0 Å². The minimum atomic E-state index is -0.437. The molecule has 0 N–H and O–H groups in total. The van der Waals surface area contributed by atoms with Gasteiger partial charge in [-0.15, -0.1) is 0 Å². The number of hydrogen-bond acceptors (Lipinski definition) is 6. The van der Waals surface area contributed by atoms with Crippen LogP contribution in [0.2, 0.25) is 0 Å². The molecule has 2 aromatic rings. The smallest absolute Gasteiger partial charge is 0.338 e. The number of carbonyl (C=O) groups excluding carboxylic acids is 1. The first-order valence-corrected chi connectivity index (χ1v) is 8.82. The van der Waals surface area contributed by atoms with Gasteiger partial charge in [0.05, 0.1) is 33.0 Å². The zero-order valence-corrected chi connectivity index (χ0v) is 16.5. The molecule has 0 heterocycles. The summed E-state index contributed by atoms with van der Waals surface area (Å²) in [6.45, 7) is 6.81. The number of methoxy groups -OCH3 is 2. The molecule has 0 spiro atoms. The molecule has 27 heavy (non-hydrogen) atoms. The molecular weight excluding hydrogens is 348 g/mol. The summed E-state index contributed by atoms with van der Waals surface area (Å²) in [5, 5.41) is 0. The Bertz CT molecular complexity index is 784. The molecule has 2 aromatic carbocycles. The number of esters is 1. The van der Waals surface area contributed by atoms with Crippen LogP contribution in [-0.2, 0) is 11.3 Å². The lowest BCUT2D eigenvalue weighted by Gasteiger charge is -2.14. The average molecular weight is 374 g/mol. The van der Waals surface area contributed by atoms with Crippen molar-refractivity contribution in [3.63, 3.8) is 0 Å². The molecule has 6 heteroatoms. The molecule has 0 aliphatic rings. The molecule has 0 aliphatic heterocycles. The topological polar surface area (TPSA) is 63.2 Å². The molecular formula is C21H26O6. The number of benzene rings is 2. The SMILES string of the molecule is CCOc1ccc(C(=O)OCc2cc(OC)c(OC)cc2C)cc1OCC. The molecule has 146 valence electrons. The lowest BCUT2D eigenvalue weighted by atomic mass is 10.1. The Morgan fingerprint density at radius 2 is 1.48 bits per heavy atom. The van der Waals surface area contributed by atoms with Crippen LogP contribution in [0.3, 0.4) is 0 Å². The minimum Gasteiger partial charge on any atom is -0.493 e. The highest BCUT2D eigenvalue weighted by Crippen LogP contribution is 2.31. The Hall–Kier alpha value is -2.89. The van der Waals surface area contributed by atoms with Crippen molar-refractivity contribution in [2.45, 2.75) is 27.4 Å². The van der Waals surface area contributed by atoms with Crippen LogP contribution < -0.4 is 18.9 Å². The monoisotopic (exact) mass is 374 g/mol. The van der Waals surface area contributed by atoms with Crippen LogP contribution in [0.4, 0.5) is 0 Å². The summed E-state index contributed by atoms with van der Waals surface area (Å²) in [5.41, 5.74) is 2.19. The van der Waals surface area contributed by atoms with Crippen molar-refractivity contribution < 1.29 is 28.5 Å². The minimum absolute atomic E-state index is 0.127. The maximum absolute atomic E-state index is 12.5. The molecule has 0 radical (unpaired) electrons. The number of aryl methyl sites for hydroxylation is 1. The van der Waals surface area contributed by atoms with E-state index in [1.807, 2.05) is 32.9 Å². The van der Waals surface area contributed by atoms with E-state index in [9.17, 15) is 4.79 Å². The molecule has 2 rings (SSSR count). The third kappa shape index (κ3) is 5.06. The van der Waals surface area contributed by atoms with Gasteiger partial charge < -0.3 is 23.7 Å². The third-order valence-corrected chi connectivity index (χ3v) is 3.98. The highest BCUT2D eigenvalue weighted by Gasteiger charge is 2.15. The lowest BCUT2D eigenvalue weighted by molar-refractivity contribution is 0.0471. The van der Waals surface area contributed by atoms with E-state index >= 15 is 0 Å². The van der Waals surface area contributed by atoms with E-state index in [0.717, 1.165) is 11.1 Å². The highest BCUT2D eigenvalue weighted by molar-refractivity contribution is 5.90. The van der Waals surface area contributed by atoms with Crippen LogP contribution in [0.25, 0.3) is 0 Å². The molecule has 0 bridgehead atoms. The highest BCUT2D eigenvalue weighted by atomic mass is 16.5. The van der Waals surface area contributed by atoms with Crippen LogP contribution in [-0.4, -0.2) is 33.4 Å². The first kappa shape index (κ1) is 20.4. The Morgan fingerprint density at radius 3 is 2.11 bits per heavy atom. The average Bonchev–Trinajstić information content (AvgIpc) is 2.68. The number of hydrogen-bond donors (Lipinski definition) is 0. The fraction of sp³-hybridized carbons (Fsp3) is 0.381. The molecule has 0 aliphatic carbocycles. The Balaban J connectivity index is 2.15. The van der Waals surface area contributed by atoms with Gasteiger partial charge in [-0.05, 0) is 62.2 Å². The van der Waals surface area contributed by atoms with Crippen molar-refractivity contribution in [1.82, 2.24) is 0 Å². The van der Waals surface area contributed by atoms with E-state index < -0.39 is 5.97 Å². The van der Waals surface area contributed by atoms with Gasteiger partial charge in [0.2, 0.25) is 0 Å². The lowest BCUT2D eigenvalue weighted by Crippen LogP contribution is -2.08. The van der Waals surface area contributed by atoms with Crippen LogP contribution in [0, 0.1) is 6.92 Å². The van der Waals surface area contributed by atoms with Crippen LogP contribution in [0.15, 0.2) is 30.3 Å². The molecule has 0 fully saturated rings. The summed E-state index contributed by atoms with van der Waals surface area (Å²) in [5.74, 6) is 1.92. The van der Waals surface area contributed by atoms with E-state index in [-0.39, 0.29) is 6.61 Å². The Morgan fingerprint density at radius 1 is 0.852 bits per heavy atom. The molecule has 0 saturated heterocycles. The van der Waals surface area contributed by atoms with Crippen molar-refractivity contribution in [2.24, 2.45) is 0 Å². The summed E-state index contributed by atoms with van der Waals surface area (Å²) >= 11 is 0. The van der Waals surface area contributed by atoms with Crippen molar-refractivity contribution in [3.8, 4) is 23.0 Å². The van der Waals surface area contributed by atoms with Gasteiger partial charge in [-0.2, -0.15) is 0 Å². The summed E-state index contributed by atoms with van der Waals surface area (Å²) in [6, 6.07) is 8.68. The van der Waals surface area contributed by atoms with Gasteiger partial charge in [-0.25, -0.2) is 4.79 Å². The zero-order chi connectivity index (χ0) is 19.8. The second-order valence-corrected chi connectivity index (χ2v) is 5.74. The van der Waals surface area contributed by atoms with Gasteiger partial charge in [0.15, 0.2) is 23.0 Å². The first-order chi connectivity index (χ1) is 13.0. The van der Waals surface area contributed by atoms with Gasteiger partial charge >= 0.3 is 5.97 Å².